The summed E-state index contributed by atoms with van der Waals surface area (Å²) in [6.45, 7) is 5.76. The first-order valence-corrected chi connectivity index (χ1v) is 11.5. The minimum Gasteiger partial charge on any atom is -0.347 e. The molecule has 0 spiro atoms. The van der Waals surface area contributed by atoms with Gasteiger partial charge in [0.15, 0.2) is 0 Å². The van der Waals surface area contributed by atoms with Crippen LogP contribution in [0.3, 0.4) is 0 Å². The summed E-state index contributed by atoms with van der Waals surface area (Å²) in [5.74, 6) is -0.298. The Kier molecular flexibility index (Phi) is 6.46. The van der Waals surface area contributed by atoms with Crippen LogP contribution in [0.1, 0.15) is 35.5 Å². The van der Waals surface area contributed by atoms with Crippen molar-refractivity contribution in [2.45, 2.75) is 38.3 Å². The van der Waals surface area contributed by atoms with Gasteiger partial charge in [-0.15, -0.1) is 11.3 Å². The Bertz CT molecular complexity index is 1100. The van der Waals surface area contributed by atoms with E-state index in [4.69, 9.17) is 0 Å². The number of nitrogens with one attached hydrogen (secondary N) is 2. The van der Waals surface area contributed by atoms with E-state index in [1.165, 1.54) is 17.4 Å². The van der Waals surface area contributed by atoms with Crippen LogP contribution >= 0.6 is 11.3 Å². The van der Waals surface area contributed by atoms with E-state index < -0.39 is 10.0 Å². The van der Waals surface area contributed by atoms with Crippen LogP contribution in [-0.4, -0.2) is 25.4 Å². The summed E-state index contributed by atoms with van der Waals surface area (Å²) in [6, 6.07) is 14.3. The molecule has 0 atom stereocenters. The first-order valence-electron chi connectivity index (χ1n) is 9.16. The standard InChI is InChI=1S/C21H23N3O3S2/c1-14(2)24-29(26,27)18-6-4-5-16(11-18)12-22-20(25)19-13-28-21(23-19)17-9-7-15(3)8-10-17/h4-11,13-14,24H,12H2,1-3H3,(H,22,25). The van der Waals surface area contributed by atoms with Gasteiger partial charge in [-0.3, -0.25) is 4.79 Å². The minimum atomic E-state index is -3.58. The zero-order valence-electron chi connectivity index (χ0n) is 16.5. The lowest BCUT2D eigenvalue weighted by Gasteiger charge is -2.11. The maximum absolute atomic E-state index is 12.4. The molecule has 0 bridgehead atoms. The number of aromatic nitrogens is 1. The maximum atomic E-state index is 12.4. The fraction of sp³-hybridized carbons (Fsp3) is 0.238. The predicted molar refractivity (Wildman–Crippen MR) is 115 cm³/mol. The normalized spacial score (nSPS) is 11.6. The second-order valence-electron chi connectivity index (χ2n) is 7.01. The SMILES string of the molecule is Cc1ccc(-c2nc(C(=O)NCc3cccc(S(=O)(=O)NC(C)C)c3)cs2)cc1. The summed E-state index contributed by atoms with van der Waals surface area (Å²) in [5.41, 5.74) is 3.17. The molecule has 6 nitrogen and oxygen atoms in total. The molecule has 3 rings (SSSR count). The fourth-order valence-electron chi connectivity index (χ4n) is 2.68. The summed E-state index contributed by atoms with van der Waals surface area (Å²) >= 11 is 1.41. The van der Waals surface area contributed by atoms with Crippen molar-refractivity contribution in [2.24, 2.45) is 0 Å². The number of nitrogens with zero attached hydrogens (tertiary/aromatic N) is 1. The lowest BCUT2D eigenvalue weighted by molar-refractivity contribution is 0.0946. The van der Waals surface area contributed by atoms with Crippen LogP contribution < -0.4 is 10.0 Å². The molecule has 0 aliphatic carbocycles. The Morgan fingerprint density at radius 2 is 1.86 bits per heavy atom. The number of hydrogen-bond donors (Lipinski definition) is 2. The summed E-state index contributed by atoms with van der Waals surface area (Å²) in [6.07, 6.45) is 0. The molecule has 8 heteroatoms. The van der Waals surface area contributed by atoms with Gasteiger partial charge in [-0.05, 0) is 38.5 Å². The summed E-state index contributed by atoms with van der Waals surface area (Å²) in [5, 5.41) is 5.30. The Balaban J connectivity index is 1.67. The van der Waals surface area contributed by atoms with Crippen LogP contribution in [0.25, 0.3) is 10.6 Å². The van der Waals surface area contributed by atoms with E-state index in [1.807, 2.05) is 31.2 Å². The van der Waals surface area contributed by atoms with Gasteiger partial charge in [0.05, 0.1) is 4.90 Å². The highest BCUT2D eigenvalue weighted by Gasteiger charge is 2.16. The second-order valence-corrected chi connectivity index (χ2v) is 9.58. The summed E-state index contributed by atoms with van der Waals surface area (Å²) in [7, 11) is -3.58. The quantitative estimate of drug-likeness (QED) is 0.599. The van der Waals surface area contributed by atoms with Crippen molar-refractivity contribution in [2.75, 3.05) is 0 Å². The lowest BCUT2D eigenvalue weighted by Crippen LogP contribution is -2.30. The number of carbonyl (C=O) groups excluding carboxylic acids is 1. The maximum Gasteiger partial charge on any atom is 0.271 e. The number of aryl methyl sites for hydroxylation is 1. The van der Waals surface area contributed by atoms with Gasteiger partial charge in [-0.2, -0.15) is 0 Å². The van der Waals surface area contributed by atoms with Gasteiger partial charge in [0.1, 0.15) is 10.7 Å². The molecule has 1 heterocycles. The minimum absolute atomic E-state index is 0.174. The van der Waals surface area contributed by atoms with Crippen LogP contribution in [0.2, 0.25) is 0 Å². The third-order valence-corrected chi connectivity index (χ3v) is 6.64. The second kappa shape index (κ2) is 8.86. The van der Waals surface area contributed by atoms with Crippen LogP contribution in [0.5, 0.6) is 0 Å². The average Bonchev–Trinajstić information content (AvgIpc) is 3.16. The van der Waals surface area contributed by atoms with Crippen molar-refractivity contribution in [3.63, 3.8) is 0 Å². The average molecular weight is 430 g/mol. The third-order valence-electron chi connectivity index (χ3n) is 4.09. The number of amides is 1. The molecule has 0 unspecified atom stereocenters. The molecular weight excluding hydrogens is 406 g/mol. The molecule has 0 aliphatic heterocycles. The Hall–Kier alpha value is -2.55. The number of carbonyl (C=O) groups is 1. The van der Waals surface area contributed by atoms with Crippen molar-refractivity contribution in [1.29, 1.82) is 0 Å². The van der Waals surface area contributed by atoms with Crippen LogP contribution in [0.15, 0.2) is 58.8 Å². The predicted octanol–water partition coefficient (Wildman–Crippen LogP) is 3.74. The highest BCUT2D eigenvalue weighted by Crippen LogP contribution is 2.24. The fourth-order valence-corrected chi connectivity index (χ4v) is 4.81. The molecule has 0 aliphatic rings. The topological polar surface area (TPSA) is 88.2 Å². The molecule has 2 aromatic carbocycles. The molecule has 152 valence electrons. The van der Waals surface area contributed by atoms with Crippen molar-refractivity contribution in [3.8, 4) is 10.6 Å². The molecule has 29 heavy (non-hydrogen) atoms. The first kappa shape index (κ1) is 21.2. The molecule has 1 amide bonds. The Morgan fingerprint density at radius 3 is 2.55 bits per heavy atom. The third kappa shape index (κ3) is 5.50. The molecule has 1 aromatic heterocycles. The van der Waals surface area contributed by atoms with Gasteiger partial charge in [0, 0.05) is 23.5 Å². The monoisotopic (exact) mass is 429 g/mol. The number of benzene rings is 2. The molecular formula is C21H23N3O3S2. The highest BCUT2D eigenvalue weighted by atomic mass is 32.2. The van der Waals surface area contributed by atoms with E-state index >= 15 is 0 Å². The number of sulfonamides is 1. The van der Waals surface area contributed by atoms with Crippen LogP contribution in [-0.2, 0) is 16.6 Å². The number of rotatable bonds is 7. The van der Waals surface area contributed by atoms with Crippen LogP contribution in [0, 0.1) is 6.92 Å². The largest absolute Gasteiger partial charge is 0.347 e. The molecule has 2 N–H and O–H groups in total. The van der Waals surface area contributed by atoms with Crippen molar-refractivity contribution in [3.05, 3.63) is 70.7 Å². The van der Waals surface area contributed by atoms with E-state index in [-0.39, 0.29) is 23.4 Å². The van der Waals surface area contributed by atoms with E-state index in [0.717, 1.165) is 16.1 Å². The van der Waals surface area contributed by atoms with E-state index in [9.17, 15) is 13.2 Å². The Morgan fingerprint density at radius 1 is 1.14 bits per heavy atom. The smallest absolute Gasteiger partial charge is 0.271 e. The van der Waals surface area contributed by atoms with Crippen LogP contribution in [0.4, 0.5) is 0 Å². The number of thiazole rings is 1. The molecule has 3 aromatic rings. The van der Waals surface area contributed by atoms with E-state index in [0.29, 0.717) is 11.3 Å². The molecule has 0 radical (unpaired) electrons. The molecule has 0 saturated heterocycles. The van der Waals surface area contributed by atoms with Crippen molar-refractivity contribution >= 4 is 27.3 Å². The van der Waals surface area contributed by atoms with Crippen molar-refractivity contribution in [1.82, 2.24) is 15.0 Å². The van der Waals surface area contributed by atoms with Gasteiger partial charge in [0.25, 0.3) is 5.91 Å². The molecule has 0 saturated carbocycles. The summed E-state index contributed by atoms with van der Waals surface area (Å²) in [4.78, 5) is 17.0. The zero-order chi connectivity index (χ0) is 21.0. The van der Waals surface area contributed by atoms with Gasteiger partial charge >= 0.3 is 0 Å². The summed E-state index contributed by atoms with van der Waals surface area (Å²) < 4.78 is 27.2. The lowest BCUT2D eigenvalue weighted by atomic mass is 10.2. The van der Waals surface area contributed by atoms with E-state index in [1.54, 1.807) is 37.4 Å². The van der Waals surface area contributed by atoms with Crippen molar-refractivity contribution < 1.29 is 13.2 Å². The molecule has 0 fully saturated rings. The zero-order valence-corrected chi connectivity index (χ0v) is 18.1. The van der Waals surface area contributed by atoms with Gasteiger partial charge < -0.3 is 5.32 Å². The highest BCUT2D eigenvalue weighted by molar-refractivity contribution is 7.89. The van der Waals surface area contributed by atoms with E-state index in [2.05, 4.69) is 15.0 Å². The number of hydrogen-bond acceptors (Lipinski definition) is 5. The first-order chi connectivity index (χ1) is 13.7. The van der Waals surface area contributed by atoms with Gasteiger partial charge in [-0.1, -0.05) is 42.0 Å². The van der Waals surface area contributed by atoms with Gasteiger partial charge in [-0.25, -0.2) is 18.1 Å². The van der Waals surface area contributed by atoms with Gasteiger partial charge in [0.2, 0.25) is 10.0 Å². The Labute approximate surface area is 175 Å².